The Labute approximate surface area is 191 Å². The van der Waals surface area contributed by atoms with Crippen LogP contribution in [0.4, 0.5) is 5.69 Å². The van der Waals surface area contributed by atoms with Crippen molar-refractivity contribution >= 4 is 17.5 Å². The molecular weight excluding hydrogens is 424 g/mol. The second kappa shape index (κ2) is 10.7. The second-order valence-corrected chi connectivity index (χ2v) is 7.62. The molecule has 0 unspecified atom stereocenters. The van der Waals surface area contributed by atoms with Crippen LogP contribution in [-0.2, 0) is 16.0 Å². The molecule has 2 heterocycles. The van der Waals surface area contributed by atoms with E-state index in [0.29, 0.717) is 68.5 Å². The number of benzene rings is 2. The van der Waals surface area contributed by atoms with E-state index in [9.17, 15) is 9.59 Å². The summed E-state index contributed by atoms with van der Waals surface area (Å²) in [6, 6.07) is 14.3. The van der Waals surface area contributed by atoms with Crippen LogP contribution < -0.4 is 10.1 Å². The maximum Gasteiger partial charge on any atom is 0.254 e. The van der Waals surface area contributed by atoms with Crippen molar-refractivity contribution in [2.45, 2.75) is 19.3 Å². The Morgan fingerprint density at radius 3 is 2.48 bits per heavy atom. The third-order valence-electron chi connectivity index (χ3n) is 5.32. The molecule has 1 aliphatic heterocycles. The first kappa shape index (κ1) is 22.5. The molecule has 1 aromatic heterocycles. The van der Waals surface area contributed by atoms with Gasteiger partial charge in [0.15, 0.2) is 0 Å². The van der Waals surface area contributed by atoms with Crippen LogP contribution in [0, 0.1) is 0 Å². The van der Waals surface area contributed by atoms with Crippen molar-refractivity contribution in [1.29, 1.82) is 0 Å². The van der Waals surface area contributed by atoms with Crippen molar-refractivity contribution in [2.24, 2.45) is 0 Å². The van der Waals surface area contributed by atoms with Crippen LogP contribution in [0.15, 0.2) is 53.1 Å². The van der Waals surface area contributed by atoms with Crippen molar-refractivity contribution < 1.29 is 23.6 Å². The van der Waals surface area contributed by atoms with Crippen molar-refractivity contribution in [3.8, 4) is 17.1 Å². The Bertz CT molecular complexity index is 1070. The summed E-state index contributed by atoms with van der Waals surface area (Å²) in [7, 11) is 1.61. The van der Waals surface area contributed by atoms with Gasteiger partial charge in [-0.25, -0.2) is 0 Å². The molecule has 4 rings (SSSR count). The first-order valence-electron chi connectivity index (χ1n) is 10.9. The highest BCUT2D eigenvalue weighted by Crippen LogP contribution is 2.20. The van der Waals surface area contributed by atoms with Crippen LogP contribution in [-0.4, -0.2) is 60.3 Å². The zero-order chi connectivity index (χ0) is 23.0. The quantitative estimate of drug-likeness (QED) is 0.562. The summed E-state index contributed by atoms with van der Waals surface area (Å²) < 4.78 is 15.7. The third-order valence-corrected chi connectivity index (χ3v) is 5.32. The minimum absolute atomic E-state index is 0.0234. The van der Waals surface area contributed by atoms with Gasteiger partial charge in [-0.05, 0) is 55.0 Å². The van der Waals surface area contributed by atoms with E-state index >= 15 is 0 Å². The number of methoxy groups -OCH3 is 1. The van der Waals surface area contributed by atoms with Gasteiger partial charge in [0.25, 0.3) is 5.91 Å². The van der Waals surface area contributed by atoms with Crippen LogP contribution in [0.2, 0.25) is 0 Å². The molecule has 1 aliphatic rings. The van der Waals surface area contributed by atoms with Gasteiger partial charge in [0.2, 0.25) is 17.6 Å². The number of ether oxygens (including phenoxy) is 2. The number of nitrogens with zero attached hydrogens (tertiary/aromatic N) is 3. The number of nitrogens with one attached hydrogen (secondary N) is 1. The summed E-state index contributed by atoms with van der Waals surface area (Å²) in [5.41, 5.74) is 2.08. The van der Waals surface area contributed by atoms with Gasteiger partial charge in [-0.1, -0.05) is 5.16 Å². The fourth-order valence-electron chi connectivity index (χ4n) is 3.48. The van der Waals surface area contributed by atoms with E-state index in [1.54, 1.807) is 36.3 Å². The highest BCUT2D eigenvalue weighted by molar-refractivity contribution is 5.95. The van der Waals surface area contributed by atoms with Crippen LogP contribution in [0.3, 0.4) is 0 Å². The first-order valence-corrected chi connectivity index (χ1v) is 10.9. The molecule has 9 heteroatoms. The molecule has 2 amide bonds. The monoisotopic (exact) mass is 450 g/mol. The summed E-state index contributed by atoms with van der Waals surface area (Å²) in [4.78, 5) is 30.9. The van der Waals surface area contributed by atoms with Gasteiger partial charge >= 0.3 is 0 Å². The molecule has 0 saturated carbocycles. The van der Waals surface area contributed by atoms with Crippen LogP contribution in [0.1, 0.15) is 29.1 Å². The van der Waals surface area contributed by atoms with Crippen molar-refractivity contribution in [1.82, 2.24) is 15.0 Å². The lowest BCUT2D eigenvalue weighted by molar-refractivity contribution is -0.116. The number of rotatable bonds is 8. The number of anilines is 1. The van der Waals surface area contributed by atoms with E-state index in [4.69, 9.17) is 14.0 Å². The molecule has 0 bridgehead atoms. The van der Waals surface area contributed by atoms with Gasteiger partial charge in [0, 0.05) is 42.7 Å². The zero-order valence-corrected chi connectivity index (χ0v) is 18.5. The second-order valence-electron chi connectivity index (χ2n) is 7.62. The maximum absolute atomic E-state index is 12.5. The number of hydrogen-bond donors (Lipinski definition) is 1. The minimum atomic E-state index is -0.114. The Morgan fingerprint density at radius 2 is 1.79 bits per heavy atom. The predicted octanol–water partition coefficient (Wildman–Crippen LogP) is 3.18. The van der Waals surface area contributed by atoms with Crippen LogP contribution in [0.5, 0.6) is 5.75 Å². The van der Waals surface area contributed by atoms with E-state index < -0.39 is 0 Å². The standard InChI is InChI=1S/C24H26N4O5/c1-31-20-11-7-17(8-12-20)23-26-22(33-27-23)4-2-3-21(29)25-19-9-5-18(6-10-19)24(30)28-13-15-32-16-14-28/h5-12H,2-4,13-16H2,1H3,(H,25,29). The zero-order valence-electron chi connectivity index (χ0n) is 18.5. The number of amides is 2. The fourth-order valence-corrected chi connectivity index (χ4v) is 3.48. The summed E-state index contributed by atoms with van der Waals surface area (Å²) in [5.74, 6) is 1.61. The van der Waals surface area contributed by atoms with Gasteiger partial charge in [0.05, 0.1) is 20.3 Å². The van der Waals surface area contributed by atoms with Crippen molar-refractivity contribution in [3.63, 3.8) is 0 Å². The Hall–Kier alpha value is -3.72. The molecule has 33 heavy (non-hydrogen) atoms. The summed E-state index contributed by atoms with van der Waals surface area (Å²) >= 11 is 0. The molecule has 0 radical (unpaired) electrons. The number of hydrogen-bond acceptors (Lipinski definition) is 7. The lowest BCUT2D eigenvalue weighted by atomic mass is 10.1. The molecule has 2 aromatic carbocycles. The van der Waals surface area contributed by atoms with Gasteiger partial charge in [-0.2, -0.15) is 4.98 Å². The van der Waals surface area contributed by atoms with Gasteiger partial charge in [-0.3, -0.25) is 9.59 Å². The SMILES string of the molecule is COc1ccc(-c2noc(CCCC(=O)Nc3ccc(C(=O)N4CCOCC4)cc3)n2)cc1. The molecular formula is C24H26N4O5. The number of aryl methyl sites for hydroxylation is 1. The largest absolute Gasteiger partial charge is 0.497 e. The molecule has 3 aromatic rings. The third kappa shape index (κ3) is 5.95. The predicted molar refractivity (Wildman–Crippen MR) is 121 cm³/mol. The molecule has 1 fully saturated rings. The minimum Gasteiger partial charge on any atom is -0.497 e. The van der Waals surface area contributed by atoms with Crippen molar-refractivity contribution in [3.05, 3.63) is 60.0 Å². The lowest BCUT2D eigenvalue weighted by Gasteiger charge is -2.26. The van der Waals surface area contributed by atoms with E-state index in [2.05, 4.69) is 15.5 Å². The number of morpholine rings is 1. The van der Waals surface area contributed by atoms with E-state index in [0.717, 1.165) is 11.3 Å². The Balaban J connectivity index is 1.22. The first-order chi connectivity index (χ1) is 16.1. The highest BCUT2D eigenvalue weighted by atomic mass is 16.5. The normalized spacial score (nSPS) is 13.5. The molecule has 0 atom stereocenters. The molecule has 1 N–H and O–H groups in total. The average Bonchev–Trinajstić information content (AvgIpc) is 3.33. The lowest BCUT2D eigenvalue weighted by Crippen LogP contribution is -2.40. The fraction of sp³-hybridized carbons (Fsp3) is 0.333. The van der Waals surface area contributed by atoms with Crippen LogP contribution in [0.25, 0.3) is 11.4 Å². The maximum atomic E-state index is 12.5. The van der Waals surface area contributed by atoms with Crippen molar-refractivity contribution in [2.75, 3.05) is 38.7 Å². The highest BCUT2D eigenvalue weighted by Gasteiger charge is 2.18. The molecule has 0 spiro atoms. The average molecular weight is 450 g/mol. The molecule has 0 aliphatic carbocycles. The number of aromatic nitrogens is 2. The van der Waals surface area contributed by atoms with E-state index in [-0.39, 0.29) is 11.8 Å². The smallest absolute Gasteiger partial charge is 0.254 e. The van der Waals surface area contributed by atoms with Crippen LogP contribution >= 0.6 is 0 Å². The number of carbonyl (C=O) groups excluding carboxylic acids is 2. The number of carbonyl (C=O) groups is 2. The topological polar surface area (TPSA) is 107 Å². The molecule has 172 valence electrons. The molecule has 9 nitrogen and oxygen atoms in total. The van der Waals surface area contributed by atoms with Gasteiger partial charge < -0.3 is 24.2 Å². The summed E-state index contributed by atoms with van der Waals surface area (Å²) in [6.07, 6.45) is 1.39. The Kier molecular flexibility index (Phi) is 7.31. The Morgan fingerprint density at radius 1 is 1.06 bits per heavy atom. The summed E-state index contributed by atoms with van der Waals surface area (Å²) in [5, 5.41) is 6.85. The molecule has 1 saturated heterocycles. The van der Waals surface area contributed by atoms with Gasteiger partial charge in [-0.15, -0.1) is 0 Å². The van der Waals surface area contributed by atoms with E-state index in [1.165, 1.54) is 0 Å². The van der Waals surface area contributed by atoms with E-state index in [1.807, 2.05) is 24.3 Å². The summed E-state index contributed by atoms with van der Waals surface area (Å²) in [6.45, 7) is 2.32. The van der Waals surface area contributed by atoms with Gasteiger partial charge in [0.1, 0.15) is 5.75 Å².